The minimum absolute atomic E-state index is 0.0232. The lowest BCUT2D eigenvalue weighted by atomic mass is 9.85. The largest absolute Gasteiger partial charge is 0.506 e. The van der Waals surface area contributed by atoms with Crippen LogP contribution in [0.5, 0.6) is 23.0 Å². The zero-order chi connectivity index (χ0) is 54.2. The third kappa shape index (κ3) is 8.57. The second kappa shape index (κ2) is 18.2. The average molecular weight is 1040 g/mol. The highest BCUT2D eigenvalue weighted by molar-refractivity contribution is 5.71. The Morgan fingerprint density at radius 1 is 0.355 bits per heavy atom. The first-order valence-corrected chi connectivity index (χ1v) is 22.7. The number of aryl methyl sites for hydroxylation is 4. The Kier molecular flexibility index (Phi) is 12.0. The lowest BCUT2D eigenvalue weighted by Crippen LogP contribution is -2.31. The maximum atomic E-state index is 14.3. The summed E-state index contributed by atoms with van der Waals surface area (Å²) in [5, 5.41) is 102. The molecule has 0 radical (unpaired) electrons. The van der Waals surface area contributed by atoms with E-state index in [1.165, 1.54) is 52.1 Å². The number of hydrogen-bond acceptors (Lipinski definition) is 14. The average Bonchev–Trinajstić information content (AvgIpc) is 4.26. The van der Waals surface area contributed by atoms with Crippen LogP contribution in [0.25, 0.3) is 33.9 Å². The number of rotatable bonds is 11. The van der Waals surface area contributed by atoms with Gasteiger partial charge in [0.1, 0.15) is 68.5 Å². The van der Waals surface area contributed by atoms with Crippen molar-refractivity contribution in [2.45, 2.75) is 51.2 Å². The van der Waals surface area contributed by atoms with Gasteiger partial charge in [-0.3, -0.25) is 0 Å². The normalized spacial score (nSPS) is 13.1. The number of nitrogens with zero attached hydrogens (tertiary/aromatic N) is 12. The molecule has 10 aromatic rings. The summed E-state index contributed by atoms with van der Waals surface area (Å²) in [7, 11) is 0. The number of phenols is 4. The Morgan fingerprint density at radius 3 is 1.01 bits per heavy atom. The molecule has 0 saturated carbocycles. The van der Waals surface area contributed by atoms with E-state index in [0.29, 0.717) is 56.9 Å². The molecule has 0 bridgehead atoms. The molecule has 0 fully saturated rings. The molecule has 0 saturated heterocycles. The third-order valence-electron chi connectivity index (χ3n) is 12.9. The number of halogens is 6. The lowest BCUT2D eigenvalue weighted by molar-refractivity contribution is -0.143. The minimum atomic E-state index is -5.31. The number of aromatic hydroxyl groups is 4. The van der Waals surface area contributed by atoms with E-state index in [1.807, 2.05) is 0 Å². The summed E-state index contributed by atoms with van der Waals surface area (Å²) in [6, 6.07) is 24.2. The van der Waals surface area contributed by atoms with Gasteiger partial charge in [0.25, 0.3) is 0 Å². The van der Waals surface area contributed by atoms with E-state index >= 15 is 0 Å². The number of alkyl halides is 6. The molecule has 386 valence electrons. The molecule has 10 rings (SSSR count). The molecule has 4 aromatic heterocycles. The summed E-state index contributed by atoms with van der Waals surface area (Å²) in [5.41, 5.74) is -7.08. The Morgan fingerprint density at radius 2 is 0.684 bits per heavy atom. The number of aliphatic hydroxyl groups is 2. The standard InChI is InChI=1S/C52H40F6N12O6/c1-27-8-5-11-37(71)45(27)67-23-41(59-63-67)49(75,42-24-68(64-60-42)46-28(2)9-6-12-38(46)72)33-16-14-31(15-17-33)32-18-30(4)48(40(74)19-32)70-26-44(62-66-70)50(76,34-20-35(51(53,54)55)22-36(21-34)52(56,57)58)43-25-69(65-61-43)47-29(3)10-7-13-39(47)73/h5-26,71-76H,1-4H3. The number of aromatic nitrogens is 12. The van der Waals surface area contributed by atoms with Gasteiger partial charge >= 0.3 is 12.4 Å². The fourth-order valence-electron chi connectivity index (χ4n) is 9.13. The molecular weight excluding hydrogens is 1000 g/mol. The number of phenolic OH excluding ortho intramolecular Hbond substituents is 4. The fourth-order valence-corrected chi connectivity index (χ4v) is 9.13. The van der Waals surface area contributed by atoms with E-state index in [-0.39, 0.29) is 51.6 Å². The lowest BCUT2D eigenvalue weighted by Gasteiger charge is -2.26. The van der Waals surface area contributed by atoms with Crippen molar-refractivity contribution in [3.05, 3.63) is 201 Å². The van der Waals surface area contributed by atoms with Crippen molar-refractivity contribution in [3.8, 4) is 56.9 Å². The van der Waals surface area contributed by atoms with E-state index in [2.05, 4.69) is 41.2 Å². The van der Waals surface area contributed by atoms with Crippen LogP contribution < -0.4 is 0 Å². The maximum absolute atomic E-state index is 14.3. The highest BCUT2D eigenvalue weighted by Crippen LogP contribution is 2.44. The van der Waals surface area contributed by atoms with E-state index < -0.39 is 57.4 Å². The predicted octanol–water partition coefficient (Wildman–Crippen LogP) is 8.34. The summed E-state index contributed by atoms with van der Waals surface area (Å²) in [4.78, 5) is 0. The molecule has 1 atom stereocenters. The van der Waals surface area contributed by atoms with Crippen LogP contribution in [0, 0.1) is 27.7 Å². The van der Waals surface area contributed by atoms with Crippen molar-refractivity contribution in [2.75, 3.05) is 0 Å². The van der Waals surface area contributed by atoms with Gasteiger partial charge in [-0.2, -0.15) is 26.3 Å². The highest BCUT2D eigenvalue weighted by atomic mass is 19.4. The van der Waals surface area contributed by atoms with E-state index in [1.54, 1.807) is 88.4 Å². The van der Waals surface area contributed by atoms with Crippen LogP contribution in [0.2, 0.25) is 0 Å². The van der Waals surface area contributed by atoms with Crippen molar-refractivity contribution < 1.29 is 57.0 Å². The summed E-state index contributed by atoms with van der Waals surface area (Å²) >= 11 is 0. The molecular formula is C52H40F6N12O6. The number of benzene rings is 6. The minimum Gasteiger partial charge on any atom is -0.506 e. The zero-order valence-electron chi connectivity index (χ0n) is 40.0. The Hall–Kier alpha value is -9.42. The molecule has 18 nitrogen and oxygen atoms in total. The number of para-hydroxylation sites is 3. The van der Waals surface area contributed by atoms with Crippen molar-refractivity contribution in [1.82, 2.24) is 60.0 Å². The Bertz CT molecular complexity index is 3660. The van der Waals surface area contributed by atoms with Gasteiger partial charge in [0, 0.05) is 0 Å². The van der Waals surface area contributed by atoms with Gasteiger partial charge in [0.05, 0.1) is 35.9 Å². The second-order valence-electron chi connectivity index (χ2n) is 18.0. The summed E-state index contributed by atoms with van der Waals surface area (Å²) in [6.45, 7) is 6.69. The maximum Gasteiger partial charge on any atom is 0.416 e. The summed E-state index contributed by atoms with van der Waals surface area (Å²) in [5.74, 6) is -0.926. The first-order valence-electron chi connectivity index (χ1n) is 22.7. The Balaban J connectivity index is 1.04. The fraction of sp³-hybridized carbons (Fsp3) is 0.154. The van der Waals surface area contributed by atoms with Gasteiger partial charge in [0.2, 0.25) is 0 Å². The van der Waals surface area contributed by atoms with Crippen molar-refractivity contribution in [2.24, 2.45) is 0 Å². The van der Waals surface area contributed by atoms with Crippen LogP contribution in [0.4, 0.5) is 26.3 Å². The third-order valence-corrected chi connectivity index (χ3v) is 12.9. The van der Waals surface area contributed by atoms with Gasteiger partial charge in [-0.05, 0) is 121 Å². The molecule has 6 aromatic carbocycles. The van der Waals surface area contributed by atoms with E-state index in [4.69, 9.17) is 0 Å². The molecule has 24 heteroatoms. The SMILES string of the molecule is Cc1cccc(O)c1-n1cc(C(O)(c2ccc(-c3cc(C)c(-n4cc(C(O)(c5cc(C(F)(F)F)cc(C(F)(F)F)c5)c5cn(-c6c(C)cccc6O)nn5)nn4)c(O)c3)cc2)c2cn(-c3c(C)cccc3O)nn2)nn1. The van der Waals surface area contributed by atoms with E-state index in [9.17, 15) is 57.0 Å². The van der Waals surface area contributed by atoms with Crippen molar-refractivity contribution in [3.63, 3.8) is 0 Å². The van der Waals surface area contributed by atoms with Crippen LogP contribution in [0.1, 0.15) is 67.3 Å². The predicted molar refractivity (Wildman–Crippen MR) is 257 cm³/mol. The van der Waals surface area contributed by atoms with Crippen LogP contribution in [0.15, 0.2) is 134 Å². The van der Waals surface area contributed by atoms with Crippen LogP contribution in [-0.4, -0.2) is 90.6 Å². The summed E-state index contributed by atoms with van der Waals surface area (Å²) in [6.07, 6.45) is -5.75. The molecule has 0 amide bonds. The van der Waals surface area contributed by atoms with Crippen LogP contribution in [0.3, 0.4) is 0 Å². The quantitative estimate of drug-likeness (QED) is 0.0668. The topological polar surface area (TPSA) is 244 Å². The monoisotopic (exact) mass is 1040 g/mol. The van der Waals surface area contributed by atoms with E-state index in [0.717, 1.165) is 21.8 Å². The first-order chi connectivity index (χ1) is 36.0. The van der Waals surface area contributed by atoms with Crippen molar-refractivity contribution in [1.29, 1.82) is 0 Å². The van der Waals surface area contributed by atoms with Gasteiger partial charge in [-0.25, -0.2) is 18.7 Å². The molecule has 0 spiro atoms. The van der Waals surface area contributed by atoms with Gasteiger partial charge < -0.3 is 30.6 Å². The van der Waals surface area contributed by atoms with Crippen molar-refractivity contribution >= 4 is 0 Å². The molecule has 4 heterocycles. The van der Waals surface area contributed by atoms with Gasteiger partial charge in [-0.1, -0.05) is 81.5 Å². The first kappa shape index (κ1) is 50.1. The summed E-state index contributed by atoms with van der Waals surface area (Å²) < 4.78 is 90.2. The Labute approximate surface area is 425 Å². The zero-order valence-corrected chi connectivity index (χ0v) is 40.0. The number of hydrogen-bond donors (Lipinski definition) is 6. The van der Waals surface area contributed by atoms with Gasteiger partial charge in [0.15, 0.2) is 11.2 Å². The van der Waals surface area contributed by atoms with Gasteiger partial charge in [-0.15, -0.1) is 20.4 Å². The molecule has 76 heavy (non-hydrogen) atoms. The second-order valence-corrected chi connectivity index (χ2v) is 18.0. The highest BCUT2D eigenvalue weighted by Gasteiger charge is 2.46. The van der Waals surface area contributed by atoms with Crippen LogP contribution >= 0.6 is 0 Å². The molecule has 0 aliphatic carbocycles. The smallest absolute Gasteiger partial charge is 0.416 e. The molecule has 0 aliphatic rings. The van der Waals surface area contributed by atoms with Crippen LogP contribution in [-0.2, 0) is 23.6 Å². The molecule has 0 aliphatic heterocycles. The molecule has 1 unspecified atom stereocenters. The molecule has 6 N–H and O–H groups in total.